The van der Waals surface area contributed by atoms with E-state index in [0.29, 0.717) is 12.1 Å². The normalized spacial score (nSPS) is 17.2. The minimum atomic E-state index is -4.36. The highest BCUT2D eigenvalue weighted by Gasteiger charge is 2.30. The molecule has 0 aliphatic carbocycles. The fraction of sp³-hybridized carbons (Fsp3) is 0.429. The monoisotopic (exact) mass is 394 g/mol. The number of hydrogen-bond donors (Lipinski definition) is 1. The molecular formula is C21H25F3N2O2. The van der Waals surface area contributed by atoms with E-state index in [1.807, 2.05) is 24.3 Å². The second-order valence-corrected chi connectivity index (χ2v) is 6.97. The maximum atomic E-state index is 12.7. The second kappa shape index (κ2) is 8.84. The molecule has 0 amide bonds. The van der Waals surface area contributed by atoms with E-state index in [-0.39, 0.29) is 0 Å². The number of benzene rings is 2. The molecule has 7 heteroatoms. The van der Waals surface area contributed by atoms with E-state index >= 15 is 0 Å². The van der Waals surface area contributed by atoms with Crippen molar-refractivity contribution < 1.29 is 23.0 Å². The highest BCUT2D eigenvalue weighted by molar-refractivity contribution is 5.49. The van der Waals surface area contributed by atoms with Crippen LogP contribution >= 0.6 is 0 Å². The molecule has 3 rings (SSSR count). The Bertz CT molecular complexity index is 748. The number of anilines is 1. The topological polar surface area (TPSA) is 35.9 Å². The maximum absolute atomic E-state index is 12.7. The van der Waals surface area contributed by atoms with Crippen LogP contribution in [0.2, 0.25) is 0 Å². The summed E-state index contributed by atoms with van der Waals surface area (Å²) in [6, 6.07) is 12.7. The van der Waals surface area contributed by atoms with Gasteiger partial charge in [0.1, 0.15) is 5.75 Å². The quantitative estimate of drug-likeness (QED) is 0.833. The lowest BCUT2D eigenvalue weighted by Gasteiger charge is -2.25. The molecule has 1 aliphatic rings. The van der Waals surface area contributed by atoms with Crippen LogP contribution in [0.3, 0.4) is 0 Å². The largest absolute Gasteiger partial charge is 0.497 e. The average Bonchev–Trinajstić information content (AvgIpc) is 2.93. The summed E-state index contributed by atoms with van der Waals surface area (Å²) in [5.74, 6) is 0.819. The zero-order valence-corrected chi connectivity index (χ0v) is 15.8. The van der Waals surface area contributed by atoms with Gasteiger partial charge in [-0.1, -0.05) is 12.1 Å². The van der Waals surface area contributed by atoms with Gasteiger partial charge in [-0.15, -0.1) is 0 Å². The minimum Gasteiger partial charge on any atom is -0.497 e. The Balaban J connectivity index is 1.56. The molecule has 1 saturated heterocycles. The van der Waals surface area contributed by atoms with Gasteiger partial charge in [-0.3, -0.25) is 4.90 Å². The molecule has 152 valence electrons. The van der Waals surface area contributed by atoms with Crippen molar-refractivity contribution in [1.29, 1.82) is 0 Å². The minimum absolute atomic E-state index is 0.405. The van der Waals surface area contributed by atoms with Crippen LogP contribution in [0, 0.1) is 0 Å². The Labute approximate surface area is 163 Å². The first-order valence-electron chi connectivity index (χ1n) is 9.33. The Hall–Kier alpha value is -2.25. The lowest BCUT2D eigenvalue weighted by Crippen LogP contribution is -2.33. The number of rotatable bonds is 5. The first kappa shape index (κ1) is 20.5. The second-order valence-electron chi connectivity index (χ2n) is 6.97. The van der Waals surface area contributed by atoms with Gasteiger partial charge in [-0.25, -0.2) is 0 Å². The van der Waals surface area contributed by atoms with Crippen LogP contribution in [-0.4, -0.2) is 49.8 Å². The lowest BCUT2D eigenvalue weighted by atomic mass is 10.1. The Morgan fingerprint density at radius 3 is 2.25 bits per heavy atom. The summed E-state index contributed by atoms with van der Waals surface area (Å²) in [5, 5.41) is 10.4. The molecular weight excluding hydrogens is 369 g/mol. The smallest absolute Gasteiger partial charge is 0.416 e. The average molecular weight is 394 g/mol. The van der Waals surface area contributed by atoms with Crippen LogP contribution < -0.4 is 9.64 Å². The number of alkyl halides is 3. The van der Waals surface area contributed by atoms with Crippen molar-refractivity contribution >= 4 is 5.69 Å². The van der Waals surface area contributed by atoms with Crippen molar-refractivity contribution in [3.05, 3.63) is 59.7 Å². The predicted octanol–water partition coefficient (Wildman–Crippen LogP) is 3.96. The maximum Gasteiger partial charge on any atom is 0.416 e. The van der Waals surface area contributed by atoms with Crippen molar-refractivity contribution in [3.8, 4) is 5.75 Å². The van der Waals surface area contributed by atoms with Gasteiger partial charge in [-0.2, -0.15) is 13.2 Å². The molecule has 1 atom stereocenters. The molecule has 0 radical (unpaired) electrons. The summed E-state index contributed by atoms with van der Waals surface area (Å²) in [6.45, 7) is 3.77. The Kier molecular flexibility index (Phi) is 6.46. The van der Waals surface area contributed by atoms with Crippen molar-refractivity contribution in [2.45, 2.75) is 18.7 Å². The third-order valence-electron chi connectivity index (χ3n) is 5.08. The third kappa shape index (κ3) is 5.17. The van der Waals surface area contributed by atoms with Crippen molar-refractivity contribution in [1.82, 2.24) is 4.90 Å². The molecule has 1 fully saturated rings. The number of aliphatic hydroxyl groups is 1. The number of nitrogens with zero attached hydrogens (tertiary/aromatic N) is 2. The fourth-order valence-electron chi connectivity index (χ4n) is 3.45. The standard InChI is InChI=1S/C21H25F3N2O2/c1-28-19-9-7-18(8-10-19)26-12-2-11-25(13-14-26)15-20(27)16-3-5-17(6-4-16)21(22,23)24/h3-10,20,27H,2,11-15H2,1H3/t20-/m0/s1. The number of hydrogen-bond acceptors (Lipinski definition) is 4. The summed E-state index contributed by atoms with van der Waals surface area (Å²) in [5.41, 5.74) is 0.934. The zero-order valence-electron chi connectivity index (χ0n) is 15.8. The zero-order chi connectivity index (χ0) is 20.1. The number of methoxy groups -OCH3 is 1. The number of β-amino-alcohol motifs (C(OH)–C–C–N with tert-alkyl or cyclic N) is 1. The summed E-state index contributed by atoms with van der Waals surface area (Å²) in [7, 11) is 1.64. The van der Waals surface area contributed by atoms with Gasteiger partial charge in [0.25, 0.3) is 0 Å². The van der Waals surface area contributed by atoms with E-state index in [1.54, 1.807) is 7.11 Å². The van der Waals surface area contributed by atoms with E-state index in [2.05, 4.69) is 9.80 Å². The van der Waals surface area contributed by atoms with Gasteiger partial charge in [0, 0.05) is 38.4 Å². The van der Waals surface area contributed by atoms with Crippen molar-refractivity contribution in [2.75, 3.05) is 44.7 Å². The van der Waals surface area contributed by atoms with Crippen LogP contribution in [0.5, 0.6) is 5.75 Å². The van der Waals surface area contributed by atoms with Crippen LogP contribution in [0.25, 0.3) is 0 Å². The van der Waals surface area contributed by atoms with Gasteiger partial charge < -0.3 is 14.7 Å². The van der Waals surface area contributed by atoms with Gasteiger partial charge in [0.15, 0.2) is 0 Å². The molecule has 0 aromatic heterocycles. The van der Waals surface area contributed by atoms with Crippen molar-refractivity contribution in [2.24, 2.45) is 0 Å². The highest BCUT2D eigenvalue weighted by atomic mass is 19.4. The SMILES string of the molecule is COc1ccc(N2CCCN(C[C@H](O)c3ccc(C(F)(F)F)cc3)CC2)cc1. The first-order valence-corrected chi connectivity index (χ1v) is 9.33. The molecule has 2 aromatic carbocycles. The molecule has 4 nitrogen and oxygen atoms in total. The fourth-order valence-corrected chi connectivity index (χ4v) is 3.45. The van der Waals surface area contributed by atoms with E-state index in [4.69, 9.17) is 4.74 Å². The number of aliphatic hydroxyl groups excluding tert-OH is 1. The van der Waals surface area contributed by atoms with Crippen LogP contribution in [0.1, 0.15) is 23.7 Å². The molecule has 1 aliphatic heterocycles. The van der Waals surface area contributed by atoms with Gasteiger partial charge >= 0.3 is 6.18 Å². The first-order chi connectivity index (χ1) is 13.4. The number of halogens is 3. The predicted molar refractivity (Wildman–Crippen MR) is 103 cm³/mol. The van der Waals surface area contributed by atoms with Gasteiger partial charge in [0.05, 0.1) is 18.8 Å². The van der Waals surface area contributed by atoms with Crippen LogP contribution in [-0.2, 0) is 6.18 Å². The Morgan fingerprint density at radius 1 is 0.964 bits per heavy atom. The molecule has 0 saturated carbocycles. The summed E-state index contributed by atoms with van der Waals surface area (Å²) >= 11 is 0. The molecule has 0 bridgehead atoms. The third-order valence-corrected chi connectivity index (χ3v) is 5.08. The van der Waals surface area contributed by atoms with E-state index in [1.165, 1.54) is 12.1 Å². The van der Waals surface area contributed by atoms with Gasteiger partial charge in [-0.05, 0) is 48.4 Å². The summed E-state index contributed by atoms with van der Waals surface area (Å²) < 4.78 is 43.2. The Morgan fingerprint density at radius 2 is 1.64 bits per heavy atom. The highest BCUT2D eigenvalue weighted by Crippen LogP contribution is 2.30. The number of ether oxygens (including phenoxy) is 1. The summed E-state index contributed by atoms with van der Waals surface area (Å²) in [6.07, 6.45) is -4.22. The molecule has 2 aromatic rings. The van der Waals surface area contributed by atoms with E-state index in [0.717, 1.165) is 56.2 Å². The van der Waals surface area contributed by atoms with Crippen LogP contribution in [0.4, 0.5) is 18.9 Å². The van der Waals surface area contributed by atoms with E-state index < -0.39 is 17.8 Å². The summed E-state index contributed by atoms with van der Waals surface area (Å²) in [4.78, 5) is 4.45. The van der Waals surface area contributed by atoms with E-state index in [9.17, 15) is 18.3 Å². The molecule has 1 heterocycles. The molecule has 0 unspecified atom stereocenters. The molecule has 1 N–H and O–H groups in total. The van der Waals surface area contributed by atoms with Gasteiger partial charge in [0.2, 0.25) is 0 Å². The van der Waals surface area contributed by atoms with Crippen LogP contribution in [0.15, 0.2) is 48.5 Å². The molecule has 28 heavy (non-hydrogen) atoms. The van der Waals surface area contributed by atoms with Crippen molar-refractivity contribution in [3.63, 3.8) is 0 Å². The molecule has 0 spiro atoms. The lowest BCUT2D eigenvalue weighted by molar-refractivity contribution is -0.137.